The van der Waals surface area contributed by atoms with Gasteiger partial charge in [0.2, 0.25) is 0 Å². The van der Waals surface area contributed by atoms with Crippen LogP contribution in [0.25, 0.3) is 0 Å². The molecule has 1 fully saturated rings. The molecule has 1 aliphatic heterocycles. The summed E-state index contributed by atoms with van der Waals surface area (Å²) >= 11 is 0. The second kappa shape index (κ2) is 6.30. The molecule has 0 aromatic carbocycles. The first-order chi connectivity index (χ1) is 8.66. The molecular weight excluding hydrogens is 222 g/mol. The molecule has 0 bridgehead atoms. The maximum atomic E-state index is 4.07. The van der Waals surface area contributed by atoms with E-state index in [1.807, 2.05) is 12.4 Å². The standard InChI is InChI=1S/C15H25N3/c1-12(14-6-8-16-9-7-14)17-13(2)15-5-4-10-18(3)11-15/h6-9,12-13,15,17H,4-5,10-11H2,1-3H3/t12-,13?,15?/m0/s1. The summed E-state index contributed by atoms with van der Waals surface area (Å²) in [6.45, 7) is 7.03. The Hall–Kier alpha value is -0.930. The molecule has 0 radical (unpaired) electrons. The molecule has 2 heterocycles. The summed E-state index contributed by atoms with van der Waals surface area (Å²) in [4.78, 5) is 6.52. The number of rotatable bonds is 4. The van der Waals surface area contributed by atoms with Crippen LogP contribution in [0.3, 0.4) is 0 Å². The zero-order valence-electron chi connectivity index (χ0n) is 11.8. The first-order valence-corrected chi connectivity index (χ1v) is 7.01. The molecule has 3 nitrogen and oxygen atoms in total. The fraction of sp³-hybridized carbons (Fsp3) is 0.667. The second-order valence-electron chi connectivity index (χ2n) is 5.62. The average molecular weight is 247 g/mol. The van der Waals surface area contributed by atoms with Crippen molar-refractivity contribution in [3.63, 3.8) is 0 Å². The van der Waals surface area contributed by atoms with E-state index >= 15 is 0 Å². The highest BCUT2D eigenvalue weighted by molar-refractivity contribution is 5.14. The summed E-state index contributed by atoms with van der Waals surface area (Å²) in [6, 6.07) is 5.15. The Morgan fingerprint density at radius 2 is 2.06 bits per heavy atom. The Morgan fingerprint density at radius 3 is 2.72 bits per heavy atom. The van der Waals surface area contributed by atoms with Gasteiger partial charge < -0.3 is 10.2 Å². The van der Waals surface area contributed by atoms with Crippen molar-refractivity contribution >= 4 is 0 Å². The summed E-state index contributed by atoms with van der Waals surface area (Å²) in [5.41, 5.74) is 1.32. The number of pyridine rings is 1. The first-order valence-electron chi connectivity index (χ1n) is 7.01. The Morgan fingerprint density at radius 1 is 1.33 bits per heavy atom. The van der Waals surface area contributed by atoms with E-state index in [1.165, 1.54) is 31.5 Å². The number of nitrogens with one attached hydrogen (secondary N) is 1. The van der Waals surface area contributed by atoms with Crippen molar-refractivity contribution in [1.82, 2.24) is 15.2 Å². The van der Waals surface area contributed by atoms with Crippen LogP contribution in [-0.4, -0.2) is 36.1 Å². The van der Waals surface area contributed by atoms with Crippen LogP contribution in [0.1, 0.15) is 38.3 Å². The van der Waals surface area contributed by atoms with Crippen molar-refractivity contribution < 1.29 is 0 Å². The van der Waals surface area contributed by atoms with Crippen molar-refractivity contribution in [3.05, 3.63) is 30.1 Å². The highest BCUT2D eigenvalue weighted by atomic mass is 15.1. The molecule has 2 unspecified atom stereocenters. The molecule has 2 rings (SSSR count). The van der Waals surface area contributed by atoms with Crippen LogP contribution in [0.15, 0.2) is 24.5 Å². The third-order valence-electron chi connectivity index (χ3n) is 4.09. The van der Waals surface area contributed by atoms with Gasteiger partial charge >= 0.3 is 0 Å². The van der Waals surface area contributed by atoms with Gasteiger partial charge in [0.05, 0.1) is 0 Å². The minimum absolute atomic E-state index is 0.398. The van der Waals surface area contributed by atoms with Gasteiger partial charge in [0.1, 0.15) is 0 Å². The topological polar surface area (TPSA) is 28.2 Å². The quantitative estimate of drug-likeness (QED) is 0.886. The number of piperidine rings is 1. The zero-order chi connectivity index (χ0) is 13.0. The van der Waals surface area contributed by atoms with Crippen LogP contribution in [0.2, 0.25) is 0 Å². The summed E-state index contributed by atoms with van der Waals surface area (Å²) in [7, 11) is 2.23. The van der Waals surface area contributed by atoms with E-state index in [0.29, 0.717) is 12.1 Å². The van der Waals surface area contributed by atoms with Gasteiger partial charge in [0, 0.05) is 31.0 Å². The number of hydrogen-bond donors (Lipinski definition) is 1. The highest BCUT2D eigenvalue weighted by Crippen LogP contribution is 2.21. The predicted octanol–water partition coefficient (Wildman–Crippen LogP) is 2.46. The smallest absolute Gasteiger partial charge is 0.0295 e. The zero-order valence-corrected chi connectivity index (χ0v) is 11.8. The van der Waals surface area contributed by atoms with E-state index in [4.69, 9.17) is 0 Å². The SMILES string of the molecule is CC(N[C@@H](C)c1ccncc1)C1CCCN(C)C1. The average Bonchev–Trinajstić information content (AvgIpc) is 2.39. The molecule has 0 amide bonds. The van der Waals surface area contributed by atoms with Gasteiger partial charge in [-0.05, 0) is 63.9 Å². The summed E-state index contributed by atoms with van der Waals surface area (Å²) in [5, 5.41) is 3.73. The minimum Gasteiger partial charge on any atom is -0.307 e. The lowest BCUT2D eigenvalue weighted by molar-refractivity contribution is 0.174. The van der Waals surface area contributed by atoms with Gasteiger partial charge in [-0.25, -0.2) is 0 Å². The molecular formula is C15H25N3. The van der Waals surface area contributed by atoms with Gasteiger partial charge in [-0.2, -0.15) is 0 Å². The monoisotopic (exact) mass is 247 g/mol. The molecule has 1 aromatic rings. The normalized spacial score (nSPS) is 24.7. The van der Waals surface area contributed by atoms with Crippen LogP contribution in [-0.2, 0) is 0 Å². The third kappa shape index (κ3) is 3.53. The van der Waals surface area contributed by atoms with Crippen LogP contribution in [0.5, 0.6) is 0 Å². The van der Waals surface area contributed by atoms with Crippen molar-refractivity contribution in [2.24, 2.45) is 5.92 Å². The Labute approximate surface area is 111 Å². The number of likely N-dealkylation sites (tertiary alicyclic amines) is 1. The van der Waals surface area contributed by atoms with Crippen LogP contribution in [0.4, 0.5) is 0 Å². The maximum Gasteiger partial charge on any atom is 0.0295 e. The maximum absolute atomic E-state index is 4.07. The molecule has 1 aliphatic rings. The molecule has 1 N–H and O–H groups in total. The van der Waals surface area contributed by atoms with E-state index < -0.39 is 0 Å². The molecule has 18 heavy (non-hydrogen) atoms. The highest BCUT2D eigenvalue weighted by Gasteiger charge is 2.23. The number of hydrogen-bond acceptors (Lipinski definition) is 3. The van der Waals surface area contributed by atoms with Gasteiger partial charge in [-0.3, -0.25) is 4.98 Å². The minimum atomic E-state index is 0.398. The lowest BCUT2D eigenvalue weighted by atomic mass is 9.91. The largest absolute Gasteiger partial charge is 0.307 e. The van der Waals surface area contributed by atoms with E-state index in [0.717, 1.165) is 5.92 Å². The molecule has 1 aromatic heterocycles. The van der Waals surface area contributed by atoms with Crippen LogP contribution < -0.4 is 5.32 Å². The van der Waals surface area contributed by atoms with Crippen LogP contribution >= 0.6 is 0 Å². The lowest BCUT2D eigenvalue weighted by Crippen LogP contribution is -2.43. The van der Waals surface area contributed by atoms with Crippen molar-refractivity contribution in [2.45, 2.75) is 38.8 Å². The molecule has 0 aliphatic carbocycles. The molecule has 3 atom stereocenters. The molecule has 0 spiro atoms. The number of aromatic nitrogens is 1. The van der Waals surface area contributed by atoms with Crippen molar-refractivity contribution in [3.8, 4) is 0 Å². The molecule has 1 saturated heterocycles. The van der Waals surface area contributed by atoms with Gasteiger partial charge in [-0.15, -0.1) is 0 Å². The Bertz CT molecular complexity index is 352. The van der Waals surface area contributed by atoms with E-state index in [-0.39, 0.29) is 0 Å². The lowest BCUT2D eigenvalue weighted by Gasteiger charge is -2.35. The number of nitrogens with zero attached hydrogens (tertiary/aromatic N) is 2. The van der Waals surface area contributed by atoms with Gasteiger partial charge in [-0.1, -0.05) is 0 Å². The third-order valence-corrected chi connectivity index (χ3v) is 4.09. The summed E-state index contributed by atoms with van der Waals surface area (Å²) in [6.07, 6.45) is 6.41. The van der Waals surface area contributed by atoms with Gasteiger partial charge in [0.15, 0.2) is 0 Å². The second-order valence-corrected chi connectivity index (χ2v) is 5.62. The fourth-order valence-electron chi connectivity index (χ4n) is 2.89. The van der Waals surface area contributed by atoms with E-state index in [2.05, 4.69) is 48.2 Å². The van der Waals surface area contributed by atoms with E-state index in [1.54, 1.807) is 0 Å². The molecule has 3 heteroatoms. The first kappa shape index (κ1) is 13.5. The fourth-order valence-corrected chi connectivity index (χ4v) is 2.89. The van der Waals surface area contributed by atoms with Crippen LogP contribution in [0, 0.1) is 5.92 Å². The van der Waals surface area contributed by atoms with Crippen molar-refractivity contribution in [1.29, 1.82) is 0 Å². The molecule has 100 valence electrons. The summed E-state index contributed by atoms with van der Waals surface area (Å²) < 4.78 is 0. The summed E-state index contributed by atoms with van der Waals surface area (Å²) in [5.74, 6) is 0.771. The molecule has 0 saturated carbocycles. The predicted molar refractivity (Wildman–Crippen MR) is 75.5 cm³/mol. The Balaban J connectivity index is 1.88. The van der Waals surface area contributed by atoms with E-state index in [9.17, 15) is 0 Å². The van der Waals surface area contributed by atoms with Crippen molar-refractivity contribution in [2.75, 3.05) is 20.1 Å². The van der Waals surface area contributed by atoms with Gasteiger partial charge in [0.25, 0.3) is 0 Å². The Kier molecular flexibility index (Phi) is 4.72.